The van der Waals surface area contributed by atoms with E-state index in [0.717, 1.165) is 24.1 Å². The van der Waals surface area contributed by atoms with E-state index in [4.69, 9.17) is 9.47 Å². The number of carbonyl (C=O) groups excluding carboxylic acids is 1. The quantitative estimate of drug-likeness (QED) is 0.733. The first-order chi connectivity index (χ1) is 14.7. The van der Waals surface area contributed by atoms with Gasteiger partial charge in [-0.05, 0) is 55.4 Å². The molecule has 166 valence electrons. The third-order valence-corrected chi connectivity index (χ3v) is 6.37. The predicted molar refractivity (Wildman–Crippen MR) is 109 cm³/mol. The molecule has 2 aromatic rings. The van der Waals surface area contributed by atoms with Crippen LogP contribution in [0.2, 0.25) is 0 Å². The molecule has 4 rings (SSSR count). The number of carbonyl (C=O) groups is 1. The van der Waals surface area contributed by atoms with Crippen molar-refractivity contribution in [2.45, 2.75) is 24.2 Å². The van der Waals surface area contributed by atoms with Gasteiger partial charge in [0.05, 0.1) is 30.9 Å². The van der Waals surface area contributed by atoms with Crippen molar-refractivity contribution in [3.8, 4) is 5.75 Å². The van der Waals surface area contributed by atoms with Crippen molar-refractivity contribution >= 4 is 5.91 Å². The standard InChI is InChI=1S/C23H25F3N2O3/c1-27-13-20(16-3-7-18(8-4-16)23(24,25)26)31-15-22(27)11-12-28(14-22)21(29)17-5-9-19(30-2)10-6-17/h3-10,20H,11-15H2,1-2H3/t20-,22+/m0/s1. The third kappa shape index (κ3) is 4.27. The molecule has 2 aliphatic rings. The van der Waals surface area contributed by atoms with Crippen molar-refractivity contribution in [3.05, 3.63) is 65.2 Å². The minimum Gasteiger partial charge on any atom is -0.497 e. The summed E-state index contributed by atoms with van der Waals surface area (Å²) in [5.74, 6) is 0.668. The number of hydrogen-bond acceptors (Lipinski definition) is 4. The molecular weight excluding hydrogens is 409 g/mol. The molecule has 2 saturated heterocycles. The number of hydrogen-bond donors (Lipinski definition) is 0. The van der Waals surface area contributed by atoms with E-state index < -0.39 is 11.7 Å². The topological polar surface area (TPSA) is 42.0 Å². The van der Waals surface area contributed by atoms with Crippen molar-refractivity contribution in [1.29, 1.82) is 0 Å². The highest BCUT2D eigenvalue weighted by Gasteiger charge is 2.47. The monoisotopic (exact) mass is 434 g/mol. The number of methoxy groups -OCH3 is 1. The molecular formula is C23H25F3N2O3. The molecule has 0 saturated carbocycles. The van der Waals surface area contributed by atoms with Gasteiger partial charge in [-0.3, -0.25) is 9.69 Å². The van der Waals surface area contributed by atoms with Crippen LogP contribution in [0.15, 0.2) is 48.5 Å². The second-order valence-electron chi connectivity index (χ2n) is 8.23. The van der Waals surface area contributed by atoms with E-state index >= 15 is 0 Å². The van der Waals surface area contributed by atoms with E-state index in [2.05, 4.69) is 4.90 Å². The SMILES string of the molecule is COc1ccc(C(=O)N2CC[C@]3(CO[C@H](c4ccc(C(F)(F)F)cc4)CN3C)C2)cc1. The molecule has 1 spiro atoms. The second-order valence-corrected chi connectivity index (χ2v) is 8.23. The first kappa shape index (κ1) is 21.6. The molecule has 2 heterocycles. The largest absolute Gasteiger partial charge is 0.497 e. The van der Waals surface area contributed by atoms with Crippen LogP contribution in [0.5, 0.6) is 5.75 Å². The number of likely N-dealkylation sites (N-methyl/N-ethyl adjacent to an activating group) is 1. The van der Waals surface area contributed by atoms with Crippen molar-refractivity contribution < 1.29 is 27.4 Å². The van der Waals surface area contributed by atoms with E-state index in [-0.39, 0.29) is 17.6 Å². The zero-order chi connectivity index (χ0) is 22.2. The van der Waals surface area contributed by atoms with Gasteiger partial charge in [0, 0.05) is 25.2 Å². The normalized spacial score (nSPS) is 24.5. The summed E-state index contributed by atoms with van der Waals surface area (Å²) in [7, 11) is 3.57. The summed E-state index contributed by atoms with van der Waals surface area (Å²) >= 11 is 0. The van der Waals surface area contributed by atoms with Crippen LogP contribution in [-0.2, 0) is 10.9 Å². The summed E-state index contributed by atoms with van der Waals surface area (Å²) in [6.45, 7) is 2.15. The average molecular weight is 434 g/mol. The molecule has 0 aromatic heterocycles. The van der Waals surface area contributed by atoms with Crippen molar-refractivity contribution in [2.75, 3.05) is 40.4 Å². The minimum absolute atomic E-state index is 0.0298. The van der Waals surface area contributed by atoms with Gasteiger partial charge in [-0.2, -0.15) is 13.2 Å². The number of halogens is 3. The van der Waals surface area contributed by atoms with Crippen molar-refractivity contribution in [1.82, 2.24) is 9.80 Å². The van der Waals surface area contributed by atoms with E-state index in [1.807, 2.05) is 11.9 Å². The zero-order valence-corrected chi connectivity index (χ0v) is 17.5. The number of ether oxygens (including phenoxy) is 2. The molecule has 2 aromatic carbocycles. The fourth-order valence-electron chi connectivity index (χ4n) is 4.32. The van der Waals surface area contributed by atoms with Crippen LogP contribution in [-0.4, -0.2) is 61.6 Å². The molecule has 0 aliphatic carbocycles. The van der Waals surface area contributed by atoms with Gasteiger partial charge >= 0.3 is 6.18 Å². The molecule has 31 heavy (non-hydrogen) atoms. The van der Waals surface area contributed by atoms with E-state index in [1.54, 1.807) is 31.4 Å². The maximum Gasteiger partial charge on any atom is 0.416 e. The Morgan fingerprint density at radius 2 is 1.81 bits per heavy atom. The first-order valence-electron chi connectivity index (χ1n) is 10.2. The summed E-state index contributed by atoms with van der Waals surface area (Å²) in [6.07, 6.45) is -3.87. The Balaban J connectivity index is 1.41. The smallest absolute Gasteiger partial charge is 0.416 e. The predicted octanol–water partition coefficient (Wildman–Crippen LogP) is 4.00. The van der Waals surface area contributed by atoms with Gasteiger partial charge in [0.15, 0.2) is 0 Å². The van der Waals surface area contributed by atoms with Crippen molar-refractivity contribution in [2.24, 2.45) is 0 Å². The van der Waals surface area contributed by atoms with Crippen molar-refractivity contribution in [3.63, 3.8) is 0 Å². The molecule has 1 amide bonds. The first-order valence-corrected chi connectivity index (χ1v) is 10.2. The van der Waals surface area contributed by atoms with Crippen LogP contribution in [0.1, 0.15) is 34.0 Å². The number of nitrogens with zero attached hydrogens (tertiary/aromatic N) is 2. The Bertz CT molecular complexity index is 931. The fraction of sp³-hybridized carbons (Fsp3) is 0.435. The number of rotatable bonds is 3. The van der Waals surface area contributed by atoms with Gasteiger partial charge in [0.2, 0.25) is 0 Å². The lowest BCUT2D eigenvalue weighted by atomic mass is 9.93. The Kier molecular flexibility index (Phi) is 5.70. The molecule has 5 nitrogen and oxygen atoms in total. The zero-order valence-electron chi connectivity index (χ0n) is 17.5. The molecule has 2 aliphatic heterocycles. The maximum absolute atomic E-state index is 12.9. The molecule has 2 fully saturated rings. The van der Waals surface area contributed by atoms with Crippen LogP contribution in [0, 0.1) is 0 Å². The average Bonchev–Trinajstić information content (AvgIpc) is 3.20. The number of morpholine rings is 1. The highest BCUT2D eigenvalue weighted by Crippen LogP contribution is 2.37. The number of amides is 1. The number of benzene rings is 2. The number of likely N-dealkylation sites (tertiary alicyclic amines) is 1. The highest BCUT2D eigenvalue weighted by molar-refractivity contribution is 5.94. The summed E-state index contributed by atoms with van der Waals surface area (Å²) in [5, 5.41) is 0. The van der Waals surface area contributed by atoms with Gasteiger partial charge in [0.1, 0.15) is 5.75 Å². The summed E-state index contributed by atoms with van der Waals surface area (Å²) in [5.41, 5.74) is 0.379. The second kappa shape index (κ2) is 8.16. The summed E-state index contributed by atoms with van der Waals surface area (Å²) < 4.78 is 49.7. The summed E-state index contributed by atoms with van der Waals surface area (Å²) in [4.78, 5) is 16.9. The third-order valence-electron chi connectivity index (χ3n) is 6.37. The van der Waals surface area contributed by atoms with Crippen LogP contribution in [0.4, 0.5) is 13.2 Å². The maximum atomic E-state index is 12.9. The molecule has 8 heteroatoms. The van der Waals surface area contributed by atoms with Gasteiger partial charge < -0.3 is 14.4 Å². The van der Waals surface area contributed by atoms with Crippen LogP contribution in [0.25, 0.3) is 0 Å². The Morgan fingerprint density at radius 1 is 1.13 bits per heavy atom. The van der Waals surface area contributed by atoms with Crippen LogP contribution in [0.3, 0.4) is 0 Å². The van der Waals surface area contributed by atoms with E-state index in [0.29, 0.717) is 37.6 Å². The molecule has 0 radical (unpaired) electrons. The Labute approximate surface area is 179 Å². The lowest BCUT2D eigenvalue weighted by Crippen LogP contribution is -2.57. The highest BCUT2D eigenvalue weighted by atomic mass is 19.4. The lowest BCUT2D eigenvalue weighted by molar-refractivity contribution is -0.137. The van der Waals surface area contributed by atoms with Gasteiger partial charge in [-0.25, -0.2) is 0 Å². The van der Waals surface area contributed by atoms with E-state index in [9.17, 15) is 18.0 Å². The molecule has 0 N–H and O–H groups in total. The number of alkyl halides is 3. The molecule has 0 unspecified atom stereocenters. The Morgan fingerprint density at radius 3 is 2.39 bits per heavy atom. The molecule has 0 bridgehead atoms. The lowest BCUT2D eigenvalue weighted by Gasteiger charge is -2.45. The molecule has 2 atom stereocenters. The Hall–Kier alpha value is -2.58. The summed E-state index contributed by atoms with van der Waals surface area (Å²) in [6, 6.07) is 12.2. The van der Waals surface area contributed by atoms with Gasteiger partial charge in [0.25, 0.3) is 5.91 Å². The van der Waals surface area contributed by atoms with Gasteiger partial charge in [-0.15, -0.1) is 0 Å². The van der Waals surface area contributed by atoms with Gasteiger partial charge in [-0.1, -0.05) is 12.1 Å². The fourth-order valence-corrected chi connectivity index (χ4v) is 4.32. The van der Waals surface area contributed by atoms with Crippen LogP contribution < -0.4 is 4.74 Å². The van der Waals surface area contributed by atoms with E-state index in [1.165, 1.54) is 12.1 Å². The minimum atomic E-state index is -4.35. The van der Waals surface area contributed by atoms with Crippen LogP contribution >= 0.6 is 0 Å².